The maximum Gasteiger partial charge on any atom is 0.215 e. The summed E-state index contributed by atoms with van der Waals surface area (Å²) in [6, 6.07) is 16.7. The van der Waals surface area contributed by atoms with Gasteiger partial charge in [0.15, 0.2) is 0 Å². The van der Waals surface area contributed by atoms with Gasteiger partial charge in [0.1, 0.15) is 18.2 Å². The van der Waals surface area contributed by atoms with Gasteiger partial charge in [-0.25, -0.2) is 18.1 Å². The molecule has 0 fully saturated rings. The van der Waals surface area contributed by atoms with E-state index in [9.17, 15) is 8.42 Å². The van der Waals surface area contributed by atoms with Gasteiger partial charge in [-0.2, -0.15) is 0 Å². The largest absolute Gasteiger partial charge is 0.492 e. The van der Waals surface area contributed by atoms with E-state index in [1.807, 2.05) is 42.5 Å². The van der Waals surface area contributed by atoms with Crippen molar-refractivity contribution in [2.24, 2.45) is 0 Å². The fraction of sp³-hybridized carbons (Fsp3) is 0.188. The number of hydrogen-bond donors (Lipinski definition) is 2. The zero-order valence-corrected chi connectivity index (χ0v) is 13.2. The summed E-state index contributed by atoms with van der Waals surface area (Å²) in [5, 5.41) is 0. The van der Waals surface area contributed by atoms with Crippen LogP contribution in [0.15, 0.2) is 54.6 Å². The lowest BCUT2D eigenvalue weighted by molar-refractivity contribution is 0.340. The minimum Gasteiger partial charge on any atom is -0.492 e. The number of rotatable bonds is 7. The molecule has 0 aliphatic carbocycles. The van der Waals surface area contributed by atoms with Gasteiger partial charge < -0.3 is 9.72 Å². The van der Waals surface area contributed by atoms with Crippen molar-refractivity contribution in [3.8, 4) is 5.75 Å². The molecule has 0 saturated heterocycles. The van der Waals surface area contributed by atoms with Crippen molar-refractivity contribution in [2.75, 3.05) is 12.4 Å². The summed E-state index contributed by atoms with van der Waals surface area (Å²) in [7, 11) is -3.42. The molecule has 7 heteroatoms. The van der Waals surface area contributed by atoms with E-state index >= 15 is 0 Å². The van der Waals surface area contributed by atoms with Crippen molar-refractivity contribution in [1.29, 1.82) is 0 Å². The second kappa shape index (κ2) is 6.80. The molecule has 1 aromatic heterocycles. The Labute approximate surface area is 134 Å². The van der Waals surface area contributed by atoms with E-state index in [-0.39, 0.29) is 18.9 Å². The van der Waals surface area contributed by atoms with Crippen molar-refractivity contribution >= 4 is 21.1 Å². The zero-order chi connectivity index (χ0) is 16.1. The zero-order valence-electron chi connectivity index (χ0n) is 12.4. The molecule has 2 N–H and O–H groups in total. The number of sulfonamides is 1. The summed E-state index contributed by atoms with van der Waals surface area (Å²) >= 11 is 0. The van der Waals surface area contributed by atoms with E-state index in [4.69, 9.17) is 4.74 Å². The lowest BCUT2D eigenvalue weighted by Crippen LogP contribution is -2.29. The van der Waals surface area contributed by atoms with E-state index in [1.165, 1.54) is 0 Å². The third kappa shape index (κ3) is 4.30. The Morgan fingerprint density at radius 1 is 1.04 bits per heavy atom. The summed E-state index contributed by atoms with van der Waals surface area (Å²) in [5.74, 6) is 1.13. The van der Waals surface area contributed by atoms with Gasteiger partial charge in [-0.15, -0.1) is 0 Å². The molecule has 3 aromatic rings. The van der Waals surface area contributed by atoms with Crippen molar-refractivity contribution in [3.05, 3.63) is 60.4 Å². The third-order valence-electron chi connectivity index (χ3n) is 3.26. The molecule has 2 aromatic carbocycles. The topological polar surface area (TPSA) is 84.1 Å². The minimum atomic E-state index is -3.42. The first-order valence-corrected chi connectivity index (χ1v) is 8.86. The summed E-state index contributed by atoms with van der Waals surface area (Å²) < 4.78 is 31.9. The lowest BCUT2D eigenvalue weighted by atomic mass is 10.3. The Bertz CT molecular complexity index is 843. The molecule has 1 heterocycles. The first-order valence-electron chi connectivity index (χ1n) is 7.21. The molecule has 0 amide bonds. The molecule has 0 bridgehead atoms. The molecular formula is C16H17N3O3S. The monoisotopic (exact) mass is 331 g/mol. The normalized spacial score (nSPS) is 11.7. The molecule has 0 saturated carbocycles. The summed E-state index contributed by atoms with van der Waals surface area (Å²) in [6.45, 7) is 0.224. The lowest BCUT2D eigenvalue weighted by Gasteiger charge is -2.07. The standard InChI is InChI=1S/C16H17N3O3S/c20-23(21,11-10-22-13-6-2-1-3-7-13)17-12-16-18-14-8-4-5-9-15(14)19-16/h1-9,17H,10-12H2,(H,18,19). The highest BCUT2D eigenvalue weighted by Crippen LogP contribution is 2.10. The van der Waals surface area contributed by atoms with Crippen LogP contribution in [0.2, 0.25) is 0 Å². The number of fused-ring (bicyclic) bond motifs is 1. The molecule has 0 aliphatic heterocycles. The molecule has 3 rings (SSSR count). The van der Waals surface area contributed by atoms with Crippen molar-refractivity contribution in [2.45, 2.75) is 6.54 Å². The van der Waals surface area contributed by atoms with Crippen LogP contribution >= 0.6 is 0 Å². The van der Waals surface area contributed by atoms with Crippen LogP contribution in [-0.4, -0.2) is 30.7 Å². The van der Waals surface area contributed by atoms with E-state index in [0.717, 1.165) is 11.0 Å². The first kappa shape index (κ1) is 15.5. The summed E-state index contributed by atoms with van der Waals surface area (Å²) in [6.07, 6.45) is 0. The smallest absolute Gasteiger partial charge is 0.215 e. The minimum absolute atomic E-state index is 0.0967. The van der Waals surface area contributed by atoms with Gasteiger partial charge in [-0.05, 0) is 24.3 Å². The maximum absolute atomic E-state index is 12.0. The molecule has 0 atom stereocenters. The predicted octanol–water partition coefficient (Wildman–Crippen LogP) is 2.06. The quantitative estimate of drug-likeness (QED) is 0.694. The molecule has 23 heavy (non-hydrogen) atoms. The van der Waals surface area contributed by atoms with Crippen molar-refractivity contribution in [1.82, 2.24) is 14.7 Å². The van der Waals surface area contributed by atoms with E-state index in [0.29, 0.717) is 11.6 Å². The molecule has 120 valence electrons. The Kier molecular flexibility index (Phi) is 4.59. The van der Waals surface area contributed by atoms with Gasteiger partial charge in [0.05, 0.1) is 23.3 Å². The number of aromatic nitrogens is 2. The molecule has 0 aliphatic rings. The molecule has 0 spiro atoms. The first-order chi connectivity index (χ1) is 11.1. The fourth-order valence-corrected chi connectivity index (χ4v) is 2.93. The number of H-pyrrole nitrogens is 1. The number of para-hydroxylation sites is 3. The summed E-state index contributed by atoms with van der Waals surface area (Å²) in [5.41, 5.74) is 1.70. The van der Waals surface area contributed by atoms with Gasteiger partial charge in [-0.1, -0.05) is 30.3 Å². The third-order valence-corrected chi connectivity index (χ3v) is 4.55. The predicted molar refractivity (Wildman–Crippen MR) is 88.7 cm³/mol. The average Bonchev–Trinajstić information content (AvgIpc) is 2.97. The number of hydrogen-bond acceptors (Lipinski definition) is 4. The van der Waals surface area contributed by atoms with Gasteiger partial charge in [0, 0.05) is 0 Å². The second-order valence-corrected chi connectivity index (χ2v) is 6.93. The molecular weight excluding hydrogens is 314 g/mol. The number of ether oxygens (including phenoxy) is 1. The Hall–Kier alpha value is -2.38. The van der Waals surface area contributed by atoms with E-state index < -0.39 is 10.0 Å². The SMILES string of the molecule is O=S(=O)(CCOc1ccccc1)NCc1nc2ccccc2[nH]1. The van der Waals surface area contributed by atoms with Gasteiger partial charge in [0.2, 0.25) is 10.0 Å². The summed E-state index contributed by atoms with van der Waals surface area (Å²) in [4.78, 5) is 7.41. The number of nitrogens with one attached hydrogen (secondary N) is 2. The molecule has 6 nitrogen and oxygen atoms in total. The number of nitrogens with zero attached hydrogens (tertiary/aromatic N) is 1. The van der Waals surface area contributed by atoms with Crippen molar-refractivity contribution in [3.63, 3.8) is 0 Å². The Balaban J connectivity index is 1.52. The van der Waals surface area contributed by atoms with Crippen LogP contribution < -0.4 is 9.46 Å². The van der Waals surface area contributed by atoms with Gasteiger partial charge in [0.25, 0.3) is 0 Å². The van der Waals surface area contributed by atoms with Crippen LogP contribution in [0.3, 0.4) is 0 Å². The highest BCUT2D eigenvalue weighted by atomic mass is 32.2. The average molecular weight is 331 g/mol. The van der Waals surface area contributed by atoms with Gasteiger partial charge in [-0.3, -0.25) is 0 Å². The van der Waals surface area contributed by atoms with E-state index in [1.54, 1.807) is 12.1 Å². The number of benzene rings is 2. The fourth-order valence-electron chi connectivity index (χ4n) is 2.13. The van der Waals surface area contributed by atoms with Crippen LogP contribution in [0.25, 0.3) is 11.0 Å². The highest BCUT2D eigenvalue weighted by Gasteiger charge is 2.12. The van der Waals surface area contributed by atoms with Crippen LogP contribution in [0.4, 0.5) is 0 Å². The van der Waals surface area contributed by atoms with Gasteiger partial charge >= 0.3 is 0 Å². The highest BCUT2D eigenvalue weighted by molar-refractivity contribution is 7.89. The Morgan fingerprint density at radius 2 is 1.78 bits per heavy atom. The maximum atomic E-state index is 12.0. The van der Waals surface area contributed by atoms with Crippen LogP contribution in [0, 0.1) is 0 Å². The number of imidazole rings is 1. The van der Waals surface area contributed by atoms with Crippen LogP contribution in [0.5, 0.6) is 5.75 Å². The molecule has 0 radical (unpaired) electrons. The van der Waals surface area contributed by atoms with Crippen molar-refractivity contribution < 1.29 is 13.2 Å². The Morgan fingerprint density at radius 3 is 2.57 bits per heavy atom. The number of aromatic amines is 1. The van der Waals surface area contributed by atoms with Crippen LogP contribution in [-0.2, 0) is 16.6 Å². The van der Waals surface area contributed by atoms with Crippen LogP contribution in [0.1, 0.15) is 5.82 Å². The second-order valence-electron chi connectivity index (χ2n) is 5.00. The van der Waals surface area contributed by atoms with E-state index in [2.05, 4.69) is 14.7 Å². The molecule has 0 unspecified atom stereocenters.